The molecular formula is C58H44N2. The fourth-order valence-electron chi connectivity index (χ4n) is 9.93. The lowest BCUT2D eigenvalue weighted by atomic mass is 9.78. The van der Waals surface area contributed by atoms with Crippen molar-refractivity contribution in [3.8, 4) is 72.7 Å². The monoisotopic (exact) mass is 768 g/mol. The van der Waals surface area contributed by atoms with E-state index in [0.29, 0.717) is 0 Å². The van der Waals surface area contributed by atoms with Crippen LogP contribution < -0.4 is 0 Å². The number of hydrogen-bond acceptors (Lipinski definition) is 0. The average molecular weight is 769 g/mol. The minimum atomic E-state index is 0.947. The molecule has 60 heavy (non-hydrogen) atoms. The zero-order chi connectivity index (χ0) is 40.0. The molecule has 0 saturated carbocycles. The van der Waals surface area contributed by atoms with Gasteiger partial charge in [-0.25, -0.2) is 0 Å². The second kappa shape index (κ2) is 15.1. The molecule has 2 heterocycles. The number of benzene rings is 8. The summed E-state index contributed by atoms with van der Waals surface area (Å²) < 4.78 is 5.12. The first-order valence-corrected chi connectivity index (χ1v) is 21.2. The Kier molecular flexibility index (Phi) is 8.97. The van der Waals surface area contributed by atoms with Gasteiger partial charge in [0, 0.05) is 56.3 Å². The fraction of sp³-hybridized carbons (Fsp3) is 0.0690. The molecule has 0 amide bonds. The molecule has 8 aromatic carbocycles. The lowest BCUT2D eigenvalue weighted by Gasteiger charge is -2.24. The summed E-state index contributed by atoms with van der Waals surface area (Å²) in [5.74, 6) is 0. The van der Waals surface area contributed by atoms with Gasteiger partial charge in [0.1, 0.15) is 0 Å². The molecule has 10 aromatic rings. The smallest absolute Gasteiger partial charge is 0.0620 e. The second-order valence-electron chi connectivity index (χ2n) is 15.7. The maximum atomic E-state index is 2.60. The number of hydrogen-bond donors (Lipinski definition) is 0. The van der Waals surface area contributed by atoms with Crippen LogP contribution in [-0.2, 0) is 13.0 Å². The highest BCUT2D eigenvalue weighted by atomic mass is 15.0. The third kappa shape index (κ3) is 5.79. The highest BCUT2D eigenvalue weighted by Gasteiger charge is 2.32. The first-order valence-electron chi connectivity index (χ1n) is 21.2. The third-order valence-electron chi connectivity index (χ3n) is 12.4. The number of allylic oxidation sites excluding steroid dienone is 1. The number of nitrogens with zero attached hydrogens (tertiary/aromatic N) is 2. The van der Waals surface area contributed by atoms with Crippen LogP contribution in [0.25, 0.3) is 100 Å². The number of fused-ring (bicyclic) bond motifs is 4. The quantitative estimate of drug-likeness (QED) is 0.146. The van der Waals surface area contributed by atoms with E-state index in [2.05, 4.69) is 228 Å². The van der Waals surface area contributed by atoms with Crippen molar-refractivity contribution < 1.29 is 0 Å². The van der Waals surface area contributed by atoms with Gasteiger partial charge < -0.3 is 9.13 Å². The van der Waals surface area contributed by atoms with Crippen LogP contribution in [0.4, 0.5) is 0 Å². The van der Waals surface area contributed by atoms with E-state index in [1.165, 1.54) is 100.0 Å². The highest BCUT2D eigenvalue weighted by Crippen LogP contribution is 2.57. The molecule has 2 nitrogen and oxygen atoms in total. The van der Waals surface area contributed by atoms with Crippen molar-refractivity contribution in [1.29, 1.82) is 0 Å². The molecule has 0 saturated heterocycles. The molecule has 0 bridgehead atoms. The molecule has 0 radical (unpaired) electrons. The van der Waals surface area contributed by atoms with Gasteiger partial charge in [-0.1, -0.05) is 194 Å². The van der Waals surface area contributed by atoms with Gasteiger partial charge >= 0.3 is 0 Å². The largest absolute Gasteiger partial charge is 0.344 e. The Morgan fingerprint density at radius 1 is 0.433 bits per heavy atom. The minimum absolute atomic E-state index is 0.947. The summed E-state index contributed by atoms with van der Waals surface area (Å²) in [5, 5.41) is 3.77. The molecule has 0 aliphatic heterocycles. The second-order valence-corrected chi connectivity index (χ2v) is 15.7. The average Bonchev–Trinajstić information content (AvgIpc) is 3.85. The van der Waals surface area contributed by atoms with Crippen LogP contribution in [0.2, 0.25) is 0 Å². The number of aryl methyl sites for hydroxylation is 1. The SMILES string of the molecule is CCn1c2c(c3cc(-n4c(-c5ccccc5)c5c(-c6ccccc6)c(-c6ccccc6)c(-c6ccccc6)c(-c6ccccc6)c5c4-c4ccccc4)ccc31)C=CCC2. The maximum absolute atomic E-state index is 2.60. The first kappa shape index (κ1) is 35.7. The molecule has 1 aliphatic carbocycles. The predicted octanol–water partition coefficient (Wildman–Crippen LogP) is 15.6. The summed E-state index contributed by atoms with van der Waals surface area (Å²) in [7, 11) is 0. The number of rotatable bonds is 8. The van der Waals surface area contributed by atoms with Crippen molar-refractivity contribution >= 4 is 27.8 Å². The molecule has 0 fully saturated rings. The zero-order valence-corrected chi connectivity index (χ0v) is 33.7. The lowest BCUT2D eigenvalue weighted by Crippen LogP contribution is -2.03. The van der Waals surface area contributed by atoms with E-state index in [4.69, 9.17) is 0 Å². The van der Waals surface area contributed by atoms with Gasteiger partial charge in [-0.15, -0.1) is 0 Å². The van der Waals surface area contributed by atoms with Gasteiger partial charge in [-0.05, 0) is 82.5 Å². The van der Waals surface area contributed by atoms with Gasteiger partial charge in [0.25, 0.3) is 0 Å². The normalized spacial score (nSPS) is 12.3. The lowest BCUT2D eigenvalue weighted by molar-refractivity contribution is 0.728. The van der Waals surface area contributed by atoms with Gasteiger partial charge in [-0.2, -0.15) is 0 Å². The van der Waals surface area contributed by atoms with E-state index in [-0.39, 0.29) is 0 Å². The van der Waals surface area contributed by atoms with Crippen molar-refractivity contribution in [1.82, 2.24) is 9.13 Å². The van der Waals surface area contributed by atoms with Gasteiger partial charge in [0.05, 0.1) is 11.4 Å². The molecule has 286 valence electrons. The topological polar surface area (TPSA) is 9.86 Å². The van der Waals surface area contributed by atoms with E-state index in [1.54, 1.807) is 0 Å². The zero-order valence-electron chi connectivity index (χ0n) is 33.7. The summed E-state index contributed by atoms with van der Waals surface area (Å²) in [5.41, 5.74) is 19.6. The van der Waals surface area contributed by atoms with Crippen LogP contribution >= 0.6 is 0 Å². The van der Waals surface area contributed by atoms with E-state index in [0.717, 1.165) is 25.1 Å². The van der Waals surface area contributed by atoms with Crippen LogP contribution in [0, 0.1) is 0 Å². The molecule has 2 aromatic heterocycles. The molecule has 11 rings (SSSR count). The van der Waals surface area contributed by atoms with Crippen molar-refractivity contribution in [3.63, 3.8) is 0 Å². The Labute approximate surface area is 352 Å². The fourth-order valence-corrected chi connectivity index (χ4v) is 9.93. The minimum Gasteiger partial charge on any atom is -0.344 e. The number of aromatic nitrogens is 2. The van der Waals surface area contributed by atoms with Crippen LogP contribution in [0.15, 0.2) is 206 Å². The predicted molar refractivity (Wildman–Crippen MR) is 254 cm³/mol. The van der Waals surface area contributed by atoms with E-state index in [1.807, 2.05) is 0 Å². The van der Waals surface area contributed by atoms with E-state index in [9.17, 15) is 0 Å². The molecule has 2 heteroatoms. The van der Waals surface area contributed by atoms with E-state index < -0.39 is 0 Å². The summed E-state index contributed by atoms with van der Waals surface area (Å²) >= 11 is 0. The maximum Gasteiger partial charge on any atom is 0.0620 e. The van der Waals surface area contributed by atoms with Crippen molar-refractivity contribution in [2.75, 3.05) is 0 Å². The van der Waals surface area contributed by atoms with Crippen molar-refractivity contribution in [3.05, 3.63) is 218 Å². The van der Waals surface area contributed by atoms with Crippen LogP contribution in [0.1, 0.15) is 24.6 Å². The van der Waals surface area contributed by atoms with Crippen molar-refractivity contribution in [2.45, 2.75) is 26.3 Å². The summed E-state index contributed by atoms with van der Waals surface area (Å²) in [6.07, 6.45) is 6.84. The first-order chi connectivity index (χ1) is 29.8. The third-order valence-corrected chi connectivity index (χ3v) is 12.4. The standard InChI is InChI=1S/C58H44N2/c1-2-59-49-36-22-21-35-47(49)48-39-46(37-38-50(48)59)60-57(44-31-17-7-18-32-44)55-53(42-27-13-5-14-28-42)51(40-23-9-3-10-24-40)52(41-25-11-4-12-26-41)54(43-29-15-6-16-30-43)56(55)58(60)45-33-19-8-20-34-45/h3-21,23-35,37-39H,2,22,36H2,1H3. The molecule has 0 atom stereocenters. The van der Waals surface area contributed by atoms with Crippen LogP contribution in [0.3, 0.4) is 0 Å². The molecule has 1 aliphatic rings. The Hall–Kier alpha value is -7.42. The summed E-state index contributed by atoms with van der Waals surface area (Å²) in [4.78, 5) is 0. The summed E-state index contributed by atoms with van der Waals surface area (Å²) in [6.45, 7) is 3.22. The van der Waals surface area contributed by atoms with Crippen molar-refractivity contribution in [2.24, 2.45) is 0 Å². The highest BCUT2D eigenvalue weighted by molar-refractivity contribution is 6.26. The van der Waals surface area contributed by atoms with Crippen LogP contribution in [-0.4, -0.2) is 9.13 Å². The van der Waals surface area contributed by atoms with Gasteiger partial charge in [0.2, 0.25) is 0 Å². The molecular weight excluding hydrogens is 725 g/mol. The Bertz CT molecular complexity index is 3010. The Morgan fingerprint density at radius 3 is 1.25 bits per heavy atom. The van der Waals surface area contributed by atoms with Crippen LogP contribution in [0.5, 0.6) is 0 Å². The summed E-state index contributed by atoms with van der Waals surface area (Å²) in [6, 6.07) is 73.7. The molecule has 0 unspecified atom stereocenters. The Morgan fingerprint density at radius 2 is 0.833 bits per heavy atom. The Balaban J connectivity index is 1.45. The van der Waals surface area contributed by atoms with Gasteiger partial charge in [0.15, 0.2) is 0 Å². The van der Waals surface area contributed by atoms with Gasteiger partial charge in [-0.3, -0.25) is 0 Å². The molecule has 0 spiro atoms. The molecule has 0 N–H and O–H groups in total. The van der Waals surface area contributed by atoms with E-state index >= 15 is 0 Å².